The van der Waals surface area contributed by atoms with Gasteiger partial charge in [-0.1, -0.05) is 153 Å². The lowest BCUT2D eigenvalue weighted by Gasteiger charge is -2.21. The standard InChI is InChI=1S/C47H32O/c1-47(2)40-17-9-7-13-35(40)39-28-34(25-26-41(39)47)43-36-14-5-6-15-37(36)44(46-45(43)38-16-8-10-18-42(38)48-46)31-22-19-30(20-23-31)33-24-21-29-11-3-4-12-32(29)27-33/h3-28H,1-2H3. The van der Waals surface area contributed by atoms with Crippen molar-refractivity contribution in [1.29, 1.82) is 0 Å². The fraction of sp³-hybridized carbons (Fsp3) is 0.0638. The molecule has 0 saturated carbocycles. The first-order valence-electron chi connectivity index (χ1n) is 16.8. The van der Waals surface area contributed by atoms with E-state index < -0.39 is 0 Å². The molecular weight excluding hydrogens is 581 g/mol. The summed E-state index contributed by atoms with van der Waals surface area (Å²) >= 11 is 0. The first-order valence-corrected chi connectivity index (χ1v) is 16.8. The van der Waals surface area contributed by atoms with Gasteiger partial charge < -0.3 is 4.42 Å². The van der Waals surface area contributed by atoms with Gasteiger partial charge in [-0.3, -0.25) is 0 Å². The van der Waals surface area contributed by atoms with Crippen LogP contribution in [0.15, 0.2) is 162 Å². The Morgan fingerprint density at radius 2 is 1.02 bits per heavy atom. The molecule has 8 aromatic carbocycles. The minimum atomic E-state index is -0.0347. The lowest BCUT2D eigenvalue weighted by atomic mass is 9.81. The van der Waals surface area contributed by atoms with Crippen LogP contribution in [0.2, 0.25) is 0 Å². The van der Waals surface area contributed by atoms with Crippen molar-refractivity contribution in [2.75, 3.05) is 0 Å². The van der Waals surface area contributed by atoms with E-state index in [0.717, 1.165) is 27.7 Å². The van der Waals surface area contributed by atoms with Crippen LogP contribution in [-0.2, 0) is 5.41 Å². The van der Waals surface area contributed by atoms with Crippen molar-refractivity contribution in [3.05, 3.63) is 169 Å². The van der Waals surface area contributed by atoms with Crippen LogP contribution in [0.5, 0.6) is 0 Å². The van der Waals surface area contributed by atoms with Crippen LogP contribution < -0.4 is 0 Å². The predicted molar refractivity (Wildman–Crippen MR) is 203 cm³/mol. The molecule has 9 aromatic rings. The number of benzene rings is 8. The highest BCUT2D eigenvalue weighted by molar-refractivity contribution is 6.26. The molecule has 0 saturated heterocycles. The SMILES string of the molecule is CC1(C)c2ccccc2-c2cc(-c3c4ccccc4c(-c4ccc(-c5ccc6ccccc6c5)cc4)c4oc5ccccc5c34)ccc21. The van der Waals surface area contributed by atoms with Crippen LogP contribution in [0, 0.1) is 0 Å². The van der Waals surface area contributed by atoms with Gasteiger partial charge in [-0.25, -0.2) is 0 Å². The molecule has 226 valence electrons. The highest BCUT2D eigenvalue weighted by atomic mass is 16.3. The topological polar surface area (TPSA) is 13.1 Å². The highest BCUT2D eigenvalue weighted by Crippen LogP contribution is 2.52. The zero-order valence-electron chi connectivity index (χ0n) is 26.9. The van der Waals surface area contributed by atoms with E-state index in [0.29, 0.717) is 0 Å². The molecule has 0 bridgehead atoms. The molecule has 0 N–H and O–H groups in total. The second kappa shape index (κ2) is 10.0. The zero-order valence-corrected chi connectivity index (χ0v) is 26.9. The van der Waals surface area contributed by atoms with Gasteiger partial charge in [0.25, 0.3) is 0 Å². The number of rotatable bonds is 3. The van der Waals surface area contributed by atoms with E-state index in [-0.39, 0.29) is 5.41 Å². The molecule has 1 nitrogen and oxygen atoms in total. The van der Waals surface area contributed by atoms with E-state index in [1.165, 1.54) is 71.4 Å². The van der Waals surface area contributed by atoms with E-state index in [4.69, 9.17) is 4.42 Å². The summed E-state index contributed by atoms with van der Waals surface area (Å²) in [6, 6.07) is 57.6. The van der Waals surface area contributed by atoms with Crippen LogP contribution in [-0.4, -0.2) is 0 Å². The Labute approximate surface area is 279 Å². The van der Waals surface area contributed by atoms with Gasteiger partial charge in [-0.2, -0.15) is 0 Å². The first kappa shape index (κ1) is 27.2. The maximum atomic E-state index is 6.85. The molecule has 0 radical (unpaired) electrons. The summed E-state index contributed by atoms with van der Waals surface area (Å²) in [5.41, 5.74) is 14.4. The summed E-state index contributed by atoms with van der Waals surface area (Å²) in [5, 5.41) is 7.25. The molecule has 0 atom stereocenters. The number of furan rings is 1. The summed E-state index contributed by atoms with van der Waals surface area (Å²) in [5.74, 6) is 0. The van der Waals surface area contributed by atoms with Crippen molar-refractivity contribution in [3.8, 4) is 44.5 Å². The summed E-state index contributed by atoms with van der Waals surface area (Å²) < 4.78 is 6.85. The minimum Gasteiger partial charge on any atom is -0.455 e. The van der Waals surface area contributed by atoms with Crippen molar-refractivity contribution in [2.24, 2.45) is 0 Å². The van der Waals surface area contributed by atoms with Gasteiger partial charge in [0.1, 0.15) is 11.2 Å². The maximum absolute atomic E-state index is 6.85. The van der Waals surface area contributed by atoms with E-state index in [1.54, 1.807) is 0 Å². The predicted octanol–water partition coefficient (Wildman–Crippen LogP) is 13.2. The fourth-order valence-corrected chi connectivity index (χ4v) is 8.31. The summed E-state index contributed by atoms with van der Waals surface area (Å²) in [7, 11) is 0. The summed E-state index contributed by atoms with van der Waals surface area (Å²) in [6.07, 6.45) is 0. The molecule has 48 heavy (non-hydrogen) atoms. The third-order valence-corrected chi connectivity index (χ3v) is 10.7. The fourth-order valence-electron chi connectivity index (χ4n) is 8.31. The monoisotopic (exact) mass is 612 g/mol. The first-order chi connectivity index (χ1) is 23.6. The van der Waals surface area contributed by atoms with Crippen molar-refractivity contribution in [2.45, 2.75) is 19.3 Å². The summed E-state index contributed by atoms with van der Waals surface area (Å²) in [4.78, 5) is 0. The summed E-state index contributed by atoms with van der Waals surface area (Å²) in [6.45, 7) is 4.68. The largest absolute Gasteiger partial charge is 0.455 e. The quantitative estimate of drug-likeness (QED) is 0.193. The third-order valence-electron chi connectivity index (χ3n) is 10.7. The van der Waals surface area contributed by atoms with Gasteiger partial charge in [0.15, 0.2) is 0 Å². The van der Waals surface area contributed by atoms with E-state index in [2.05, 4.69) is 172 Å². The number of para-hydroxylation sites is 1. The second-order valence-electron chi connectivity index (χ2n) is 13.7. The molecule has 0 amide bonds. The minimum absolute atomic E-state index is 0.0347. The molecule has 10 rings (SSSR count). The van der Waals surface area contributed by atoms with E-state index >= 15 is 0 Å². The van der Waals surface area contributed by atoms with E-state index in [9.17, 15) is 0 Å². The Morgan fingerprint density at radius 3 is 1.85 bits per heavy atom. The molecular formula is C47H32O. The van der Waals surface area contributed by atoms with Crippen LogP contribution in [0.3, 0.4) is 0 Å². The lowest BCUT2D eigenvalue weighted by Crippen LogP contribution is -2.14. The molecule has 1 aliphatic carbocycles. The number of hydrogen-bond donors (Lipinski definition) is 0. The second-order valence-corrected chi connectivity index (χ2v) is 13.7. The Hall–Kier alpha value is -5.92. The van der Waals surface area contributed by atoms with E-state index in [1.807, 2.05) is 0 Å². The van der Waals surface area contributed by atoms with Crippen LogP contribution in [0.4, 0.5) is 0 Å². The lowest BCUT2D eigenvalue weighted by molar-refractivity contribution is 0.660. The van der Waals surface area contributed by atoms with Crippen molar-refractivity contribution < 1.29 is 4.42 Å². The van der Waals surface area contributed by atoms with Gasteiger partial charge in [-0.15, -0.1) is 0 Å². The molecule has 0 unspecified atom stereocenters. The van der Waals surface area contributed by atoms with Gasteiger partial charge in [0.2, 0.25) is 0 Å². The average Bonchev–Trinajstić information content (AvgIpc) is 3.62. The smallest absolute Gasteiger partial charge is 0.144 e. The normalized spacial score (nSPS) is 13.4. The highest BCUT2D eigenvalue weighted by Gasteiger charge is 2.35. The Morgan fingerprint density at radius 1 is 0.417 bits per heavy atom. The Bertz CT molecular complexity index is 2740. The number of hydrogen-bond acceptors (Lipinski definition) is 1. The van der Waals surface area contributed by atoms with Crippen molar-refractivity contribution in [1.82, 2.24) is 0 Å². The Kier molecular flexibility index (Phi) is 5.69. The van der Waals surface area contributed by atoms with Gasteiger partial charge in [-0.05, 0) is 84.3 Å². The Balaban J connectivity index is 1.22. The van der Waals surface area contributed by atoms with Gasteiger partial charge in [0.05, 0.1) is 0 Å². The van der Waals surface area contributed by atoms with Crippen LogP contribution >= 0.6 is 0 Å². The molecule has 1 aliphatic rings. The molecule has 0 aliphatic heterocycles. The molecule has 1 heteroatoms. The zero-order chi connectivity index (χ0) is 32.0. The number of fused-ring (bicyclic) bond motifs is 8. The molecule has 1 heterocycles. The van der Waals surface area contributed by atoms with Gasteiger partial charge in [0, 0.05) is 27.3 Å². The average molecular weight is 613 g/mol. The molecule has 0 fully saturated rings. The third kappa shape index (κ3) is 3.85. The van der Waals surface area contributed by atoms with Crippen molar-refractivity contribution in [3.63, 3.8) is 0 Å². The van der Waals surface area contributed by atoms with Crippen LogP contribution in [0.25, 0.3) is 88.0 Å². The van der Waals surface area contributed by atoms with Gasteiger partial charge >= 0.3 is 0 Å². The van der Waals surface area contributed by atoms with Crippen LogP contribution in [0.1, 0.15) is 25.0 Å². The maximum Gasteiger partial charge on any atom is 0.144 e. The van der Waals surface area contributed by atoms with Crippen molar-refractivity contribution >= 4 is 43.5 Å². The molecule has 1 aromatic heterocycles. The molecule has 0 spiro atoms.